The van der Waals surface area contributed by atoms with Crippen molar-refractivity contribution in [1.82, 2.24) is 46.7 Å². The lowest BCUT2D eigenvalue weighted by Crippen LogP contribution is -2.62. The van der Waals surface area contributed by atoms with Crippen LogP contribution in [0.1, 0.15) is 56.6 Å². The van der Waals surface area contributed by atoms with Crippen LogP contribution in [-0.2, 0) is 60.8 Å². The van der Waals surface area contributed by atoms with Gasteiger partial charge in [-0.3, -0.25) is 43.2 Å². The minimum Gasteiger partial charge on any atom is -0.481 e. The number of aliphatic hydroxyl groups is 1. The Labute approximate surface area is 425 Å². The average Bonchev–Trinajstić information content (AvgIpc) is 4.15. The van der Waals surface area contributed by atoms with Gasteiger partial charge in [0.1, 0.15) is 42.3 Å². The number of rotatable bonds is 25. The van der Waals surface area contributed by atoms with Gasteiger partial charge >= 0.3 is 11.9 Å². The van der Waals surface area contributed by atoms with E-state index in [4.69, 9.17) is 5.73 Å². The third-order valence-electron chi connectivity index (χ3n) is 12.4. The first-order valence-corrected chi connectivity index (χ1v) is 24.7. The number of nitrogens with two attached hydrogens (primary N) is 1. The van der Waals surface area contributed by atoms with E-state index < -0.39 is 127 Å². The average molecular weight is 1040 g/mol. The van der Waals surface area contributed by atoms with Crippen molar-refractivity contribution in [3.8, 4) is 0 Å². The Morgan fingerprint density at radius 3 is 1.93 bits per heavy atom. The second-order valence-electron chi connectivity index (χ2n) is 17.6. The molecule has 0 saturated carbocycles. The summed E-state index contributed by atoms with van der Waals surface area (Å²) in [4.78, 5) is 139. The van der Waals surface area contributed by atoms with E-state index in [1.165, 1.54) is 16.7 Å². The molecule has 1 aromatic heterocycles. The number of hydrogen-bond donors (Lipinski definition) is 13. The Balaban J connectivity index is 1.33. The lowest BCUT2D eigenvalue weighted by Gasteiger charge is -2.30. The van der Waals surface area contributed by atoms with Gasteiger partial charge in [-0.2, -0.15) is 25.3 Å². The van der Waals surface area contributed by atoms with Crippen LogP contribution in [-0.4, -0.2) is 175 Å². The molecule has 2 fully saturated rings. The van der Waals surface area contributed by atoms with Gasteiger partial charge in [-0.25, -0.2) is 4.79 Å². The molecule has 0 aliphatic carbocycles. The molecule has 0 radical (unpaired) electrons. The first-order valence-electron chi connectivity index (χ1n) is 23.4. The van der Waals surface area contributed by atoms with E-state index in [-0.39, 0.29) is 50.3 Å². The van der Waals surface area contributed by atoms with Gasteiger partial charge in [-0.15, -0.1) is 0 Å². The molecule has 5 rings (SSSR count). The Morgan fingerprint density at radius 2 is 1.31 bits per heavy atom. The van der Waals surface area contributed by atoms with E-state index in [0.29, 0.717) is 41.3 Å². The van der Waals surface area contributed by atoms with Crippen molar-refractivity contribution < 1.29 is 63.3 Å². The molecule has 2 aromatic carbocycles. The summed E-state index contributed by atoms with van der Waals surface area (Å²) in [7, 11) is 0. The molecule has 23 nitrogen and oxygen atoms in total. The third kappa shape index (κ3) is 15.2. The molecule has 2 aliphatic rings. The normalized spacial score (nSPS) is 18.3. The largest absolute Gasteiger partial charge is 0.481 e. The van der Waals surface area contributed by atoms with Gasteiger partial charge in [0.05, 0.1) is 18.7 Å². The second kappa shape index (κ2) is 26.7. The summed E-state index contributed by atoms with van der Waals surface area (Å²) in [5, 5.41) is 45.7. The van der Waals surface area contributed by atoms with Crippen molar-refractivity contribution in [3.63, 3.8) is 0 Å². The molecule has 3 aromatic rings. The van der Waals surface area contributed by atoms with Crippen molar-refractivity contribution >= 4 is 95.4 Å². The van der Waals surface area contributed by atoms with Gasteiger partial charge < -0.3 is 67.7 Å². The maximum absolute atomic E-state index is 14.4. The van der Waals surface area contributed by atoms with Gasteiger partial charge in [-0.1, -0.05) is 48.5 Å². The predicted molar refractivity (Wildman–Crippen MR) is 266 cm³/mol. The number of hydrogen-bond acceptors (Lipinski definition) is 14. The summed E-state index contributed by atoms with van der Waals surface area (Å²) in [5.41, 5.74) is 7.70. The number of nitrogens with one attached hydrogen (secondary N) is 7. The van der Waals surface area contributed by atoms with E-state index >= 15 is 0 Å². The highest BCUT2D eigenvalue weighted by Gasteiger charge is 2.41. The molecule has 0 spiro atoms. The van der Waals surface area contributed by atoms with Gasteiger partial charge in [0.25, 0.3) is 0 Å². The van der Waals surface area contributed by atoms with Crippen LogP contribution in [0, 0.1) is 0 Å². The van der Waals surface area contributed by atoms with Crippen molar-refractivity contribution in [2.24, 2.45) is 5.73 Å². The van der Waals surface area contributed by atoms with Crippen molar-refractivity contribution in [2.75, 3.05) is 31.1 Å². The van der Waals surface area contributed by atoms with E-state index in [9.17, 15) is 63.3 Å². The quantitative estimate of drug-likeness (QED) is 0.0408. The Hall–Kier alpha value is -6.70. The smallest absolute Gasteiger partial charge is 0.327 e. The first kappa shape index (κ1) is 56.2. The number of H-pyrrole nitrogens is 1. The fourth-order valence-electron chi connectivity index (χ4n) is 8.59. The topological polar surface area (TPSA) is 352 Å². The van der Waals surface area contributed by atoms with Crippen LogP contribution in [0.4, 0.5) is 0 Å². The maximum atomic E-state index is 14.4. The van der Waals surface area contributed by atoms with Crippen LogP contribution in [0.3, 0.4) is 0 Å². The van der Waals surface area contributed by atoms with Crippen molar-refractivity contribution in [3.05, 3.63) is 71.9 Å². The highest BCUT2D eigenvalue weighted by molar-refractivity contribution is 7.80. The molecule has 3 heterocycles. The zero-order valence-corrected chi connectivity index (χ0v) is 41.2. The number of para-hydroxylation sites is 1. The highest BCUT2D eigenvalue weighted by Crippen LogP contribution is 2.23. The molecule has 2 aliphatic heterocycles. The summed E-state index contributed by atoms with van der Waals surface area (Å²) in [6.07, 6.45) is 0.0633. The van der Waals surface area contributed by atoms with E-state index in [2.05, 4.69) is 62.1 Å². The Bertz CT molecular complexity index is 2460. The number of carbonyl (C=O) groups is 10. The van der Waals surface area contributed by atoms with Gasteiger partial charge in [0.15, 0.2) is 0 Å². The molecule has 9 atom stereocenters. The number of thiol groups is 2. The fraction of sp³-hybridized carbons (Fsp3) is 0.489. The monoisotopic (exact) mass is 1040 g/mol. The van der Waals surface area contributed by atoms with Crippen molar-refractivity contribution in [1.29, 1.82) is 0 Å². The zero-order chi connectivity index (χ0) is 52.6. The molecule has 0 bridgehead atoms. The van der Waals surface area contributed by atoms with Gasteiger partial charge in [0, 0.05) is 61.0 Å². The summed E-state index contributed by atoms with van der Waals surface area (Å²) < 4.78 is 0. The number of nitrogens with zero attached hydrogens (tertiary/aromatic N) is 2. The van der Waals surface area contributed by atoms with Crippen LogP contribution >= 0.6 is 25.3 Å². The number of aromatic amines is 1. The molecular weight excluding hydrogens is 977 g/mol. The van der Waals surface area contributed by atoms with Crippen LogP contribution < -0.4 is 37.6 Å². The van der Waals surface area contributed by atoms with Crippen LogP contribution in [0.25, 0.3) is 10.9 Å². The minimum atomic E-state index is -1.73. The number of carbonyl (C=O) groups excluding carboxylic acids is 8. The number of fused-ring (bicyclic) bond motifs is 1. The van der Waals surface area contributed by atoms with Crippen LogP contribution in [0.15, 0.2) is 60.8 Å². The number of amides is 8. The van der Waals surface area contributed by atoms with E-state index in [0.717, 1.165) is 0 Å². The van der Waals surface area contributed by atoms with Crippen LogP contribution in [0.5, 0.6) is 0 Å². The molecule has 8 amide bonds. The molecule has 390 valence electrons. The lowest BCUT2D eigenvalue weighted by atomic mass is 10.0. The summed E-state index contributed by atoms with van der Waals surface area (Å²) in [6, 6.07) is 5.10. The molecule has 12 N–H and O–H groups in total. The zero-order valence-electron chi connectivity index (χ0n) is 39.5. The first-order chi connectivity index (χ1) is 34.3. The van der Waals surface area contributed by atoms with Crippen LogP contribution in [0.2, 0.25) is 0 Å². The van der Waals surface area contributed by atoms with Gasteiger partial charge in [-0.05, 0) is 56.2 Å². The lowest BCUT2D eigenvalue weighted by molar-refractivity contribution is -0.143. The number of benzene rings is 2. The number of likely N-dealkylation sites (tertiary alicyclic amines) is 2. The predicted octanol–water partition coefficient (Wildman–Crippen LogP) is -2.01. The standard InChI is InChI=1S/C47H62N10O13S2/c1-25(58)39(44(66)53-32(19-26-9-3-2-4-10-26)40(62)54-34(24-72)47(69)70)55-41(63)33(20-27-21-49-30-12-6-5-11-28(27)30)52-43(65)36-14-8-18-57(36)46(68)31(15-16-38(60)61)51-37(59)22-50-42(64)35-13-7-17-56(35)45(67)29(48)23-71/h2-6,9-12,21,25,29,31-36,39,49,58,71-72H,7-8,13-20,22-24,48H2,1H3,(H,50,64)(H,51,59)(H,52,65)(H,53,66)(H,54,62)(H,55,63)(H,60,61)(H,69,70)/t25-,29+,31+,32+,33+,34+,35+,36+,39+/m1/s1. The van der Waals surface area contributed by atoms with Crippen molar-refractivity contribution in [2.45, 2.75) is 113 Å². The highest BCUT2D eigenvalue weighted by atomic mass is 32.1. The summed E-state index contributed by atoms with van der Waals surface area (Å²) in [5.74, 6) is -9.25. The fourth-order valence-corrected chi connectivity index (χ4v) is 8.99. The Kier molecular flexibility index (Phi) is 20.8. The number of aliphatic hydroxyl groups excluding tert-OH is 1. The molecular formula is C47H62N10O13S2. The van der Waals surface area contributed by atoms with Gasteiger partial charge in [0.2, 0.25) is 47.3 Å². The maximum Gasteiger partial charge on any atom is 0.327 e. The number of carboxylic acid groups (broad SMARTS) is 2. The molecule has 0 unspecified atom stereocenters. The number of carboxylic acids is 2. The third-order valence-corrected chi connectivity index (χ3v) is 13.2. The molecule has 2 saturated heterocycles. The second-order valence-corrected chi connectivity index (χ2v) is 18.4. The summed E-state index contributed by atoms with van der Waals surface area (Å²) in [6.45, 7) is 0.877. The number of aromatic nitrogens is 1. The molecule has 72 heavy (non-hydrogen) atoms. The number of aliphatic carboxylic acids is 2. The molecule has 25 heteroatoms. The van der Waals surface area contributed by atoms with E-state index in [1.807, 2.05) is 0 Å². The van der Waals surface area contributed by atoms with E-state index in [1.54, 1.807) is 60.8 Å². The SMILES string of the molecule is C[C@@H](O)[C@H](NC(=O)[C@H](Cc1c[nH]c2ccccc12)NC(=O)[C@@H]1CCCN1C(=O)[C@H](CCC(=O)O)NC(=O)CNC(=O)[C@@H]1CCCN1C(=O)[C@@H](N)CS)C(=O)N[C@@H](Cc1ccccc1)C(=O)N[C@@H](CS)C(=O)O. The summed E-state index contributed by atoms with van der Waals surface area (Å²) >= 11 is 8.06. The minimum absolute atomic E-state index is 0.00950. The Morgan fingerprint density at radius 1 is 0.708 bits per heavy atom.